The summed E-state index contributed by atoms with van der Waals surface area (Å²) in [4.78, 5) is 15.7. The summed E-state index contributed by atoms with van der Waals surface area (Å²) in [6.07, 6.45) is 11.9. The summed E-state index contributed by atoms with van der Waals surface area (Å²) in [6.45, 7) is 4.20. The molecule has 2 heterocycles. The van der Waals surface area contributed by atoms with E-state index in [0.29, 0.717) is 5.95 Å². The van der Waals surface area contributed by atoms with Gasteiger partial charge in [-0.2, -0.15) is 0 Å². The van der Waals surface area contributed by atoms with Crippen molar-refractivity contribution in [1.29, 1.82) is 0 Å². The molecule has 0 aromatic carbocycles. The number of hydrogen-bond donors (Lipinski definition) is 1. The molecular formula is C19H27N5. The molecule has 0 bridgehead atoms. The Labute approximate surface area is 144 Å². The van der Waals surface area contributed by atoms with Crippen LogP contribution in [0.2, 0.25) is 0 Å². The van der Waals surface area contributed by atoms with Gasteiger partial charge in [0, 0.05) is 36.2 Å². The molecule has 1 aliphatic carbocycles. The van der Waals surface area contributed by atoms with Crippen LogP contribution in [0, 0.1) is 0 Å². The molecule has 1 N–H and O–H groups in total. The lowest BCUT2D eigenvalue weighted by Gasteiger charge is -2.44. The molecule has 0 atom stereocenters. The van der Waals surface area contributed by atoms with Crippen LogP contribution in [0.25, 0.3) is 11.3 Å². The second kappa shape index (κ2) is 7.71. The molecule has 5 heteroatoms. The van der Waals surface area contributed by atoms with E-state index in [2.05, 4.69) is 39.1 Å². The highest BCUT2D eigenvalue weighted by Gasteiger charge is 2.35. The Balaban J connectivity index is 1.73. The fourth-order valence-electron chi connectivity index (χ4n) is 3.60. The number of rotatable bonds is 6. The van der Waals surface area contributed by atoms with Crippen LogP contribution in [0.4, 0.5) is 5.95 Å². The summed E-state index contributed by atoms with van der Waals surface area (Å²) < 4.78 is 0. The van der Waals surface area contributed by atoms with Crippen LogP contribution in [-0.4, -0.2) is 45.5 Å². The smallest absolute Gasteiger partial charge is 0.223 e. The molecule has 1 saturated carbocycles. The van der Waals surface area contributed by atoms with E-state index in [9.17, 15) is 0 Å². The maximum absolute atomic E-state index is 4.66. The zero-order valence-electron chi connectivity index (χ0n) is 14.7. The number of nitrogens with zero attached hydrogens (tertiary/aromatic N) is 4. The number of pyridine rings is 1. The quantitative estimate of drug-likeness (QED) is 0.879. The third kappa shape index (κ3) is 3.73. The highest BCUT2D eigenvalue weighted by Crippen LogP contribution is 2.33. The van der Waals surface area contributed by atoms with E-state index in [4.69, 9.17) is 0 Å². The lowest BCUT2D eigenvalue weighted by Crippen LogP contribution is -2.52. The van der Waals surface area contributed by atoms with E-state index < -0.39 is 0 Å². The molecule has 128 valence electrons. The van der Waals surface area contributed by atoms with Crippen LogP contribution in [0.1, 0.15) is 39.0 Å². The van der Waals surface area contributed by atoms with Crippen molar-refractivity contribution in [2.75, 3.05) is 25.5 Å². The Morgan fingerprint density at radius 1 is 1.17 bits per heavy atom. The predicted octanol–water partition coefficient (Wildman–Crippen LogP) is 3.61. The van der Waals surface area contributed by atoms with Crippen molar-refractivity contribution < 1.29 is 0 Å². The summed E-state index contributed by atoms with van der Waals surface area (Å²) in [7, 11) is 2.24. The van der Waals surface area contributed by atoms with Crippen LogP contribution >= 0.6 is 0 Å². The van der Waals surface area contributed by atoms with Crippen molar-refractivity contribution in [1.82, 2.24) is 19.9 Å². The maximum atomic E-state index is 4.66. The molecule has 0 saturated heterocycles. The molecular weight excluding hydrogens is 298 g/mol. The normalized spacial score (nSPS) is 17.0. The van der Waals surface area contributed by atoms with Crippen molar-refractivity contribution in [3.63, 3.8) is 0 Å². The first-order valence-electron chi connectivity index (χ1n) is 8.92. The Morgan fingerprint density at radius 2 is 2.00 bits per heavy atom. The standard InChI is InChI=1S/C19H27N5/c1-3-24(2)19(10-5-4-6-11-19)15-22-18-21-13-9-17(23-18)16-8-7-12-20-14-16/h7-9,12-14H,3-6,10-11,15H2,1-2H3,(H,21,22,23). The number of hydrogen-bond acceptors (Lipinski definition) is 5. The van der Waals surface area contributed by atoms with Crippen molar-refractivity contribution in [2.45, 2.75) is 44.6 Å². The summed E-state index contributed by atoms with van der Waals surface area (Å²) in [5.41, 5.74) is 2.14. The largest absolute Gasteiger partial charge is 0.352 e. The second-order valence-corrected chi connectivity index (χ2v) is 6.66. The minimum atomic E-state index is 0.223. The van der Waals surface area contributed by atoms with Gasteiger partial charge in [-0.05, 0) is 44.6 Å². The molecule has 24 heavy (non-hydrogen) atoms. The predicted molar refractivity (Wildman–Crippen MR) is 97.9 cm³/mol. The molecule has 0 aliphatic heterocycles. The Hall–Kier alpha value is -2.01. The molecule has 0 unspecified atom stereocenters. The zero-order chi connectivity index (χ0) is 16.8. The zero-order valence-corrected chi connectivity index (χ0v) is 14.7. The van der Waals surface area contributed by atoms with Crippen molar-refractivity contribution in [2.24, 2.45) is 0 Å². The minimum absolute atomic E-state index is 0.223. The summed E-state index contributed by atoms with van der Waals surface area (Å²) in [5, 5.41) is 3.50. The fourth-order valence-corrected chi connectivity index (χ4v) is 3.60. The third-order valence-corrected chi connectivity index (χ3v) is 5.26. The monoisotopic (exact) mass is 325 g/mol. The van der Waals surface area contributed by atoms with E-state index in [1.807, 2.05) is 30.6 Å². The van der Waals surface area contributed by atoms with Gasteiger partial charge in [0.25, 0.3) is 0 Å². The van der Waals surface area contributed by atoms with E-state index in [1.54, 1.807) is 6.20 Å². The van der Waals surface area contributed by atoms with Crippen LogP contribution in [0.15, 0.2) is 36.8 Å². The van der Waals surface area contributed by atoms with Gasteiger partial charge in [-0.1, -0.05) is 26.2 Å². The number of likely N-dealkylation sites (N-methyl/N-ethyl adjacent to an activating group) is 1. The molecule has 0 amide bonds. The van der Waals surface area contributed by atoms with Gasteiger partial charge in [0.1, 0.15) is 0 Å². The van der Waals surface area contributed by atoms with Crippen LogP contribution in [-0.2, 0) is 0 Å². The van der Waals surface area contributed by atoms with Gasteiger partial charge in [-0.15, -0.1) is 0 Å². The van der Waals surface area contributed by atoms with Gasteiger partial charge in [0.2, 0.25) is 5.95 Å². The first-order chi connectivity index (χ1) is 11.7. The third-order valence-electron chi connectivity index (χ3n) is 5.26. The SMILES string of the molecule is CCN(C)C1(CNc2nccc(-c3cccnc3)n2)CCCCC1. The molecule has 3 rings (SSSR count). The topological polar surface area (TPSA) is 53.9 Å². The number of nitrogens with one attached hydrogen (secondary N) is 1. The van der Waals surface area contributed by atoms with Crippen molar-refractivity contribution >= 4 is 5.95 Å². The molecule has 1 aliphatic rings. The van der Waals surface area contributed by atoms with Crippen molar-refractivity contribution in [3.8, 4) is 11.3 Å². The molecule has 5 nitrogen and oxygen atoms in total. The first kappa shape index (κ1) is 16.8. The molecule has 0 spiro atoms. The van der Waals surface area contributed by atoms with Gasteiger partial charge in [-0.25, -0.2) is 9.97 Å². The van der Waals surface area contributed by atoms with Crippen molar-refractivity contribution in [3.05, 3.63) is 36.8 Å². The highest BCUT2D eigenvalue weighted by atomic mass is 15.2. The second-order valence-electron chi connectivity index (χ2n) is 6.66. The number of aromatic nitrogens is 3. The van der Waals surface area contributed by atoms with Gasteiger partial charge in [-0.3, -0.25) is 9.88 Å². The Morgan fingerprint density at radius 3 is 2.71 bits per heavy atom. The van der Waals surface area contributed by atoms with Gasteiger partial charge in [0.15, 0.2) is 0 Å². The first-order valence-corrected chi connectivity index (χ1v) is 8.92. The van der Waals surface area contributed by atoms with Gasteiger partial charge in [0.05, 0.1) is 5.69 Å². The van der Waals surface area contributed by atoms with E-state index in [-0.39, 0.29) is 5.54 Å². The molecule has 0 radical (unpaired) electrons. The summed E-state index contributed by atoms with van der Waals surface area (Å²) >= 11 is 0. The van der Waals surface area contributed by atoms with Crippen LogP contribution in [0.3, 0.4) is 0 Å². The Kier molecular flexibility index (Phi) is 5.41. The Bertz CT molecular complexity index is 637. The maximum Gasteiger partial charge on any atom is 0.223 e. The molecule has 2 aromatic rings. The molecule has 1 fully saturated rings. The number of anilines is 1. The summed E-state index contributed by atoms with van der Waals surface area (Å²) in [6, 6.07) is 5.88. The average Bonchev–Trinajstić information content (AvgIpc) is 2.67. The molecule has 2 aromatic heterocycles. The minimum Gasteiger partial charge on any atom is -0.352 e. The summed E-state index contributed by atoms with van der Waals surface area (Å²) in [5.74, 6) is 0.700. The van der Waals surface area contributed by atoms with Gasteiger partial charge < -0.3 is 5.32 Å². The highest BCUT2D eigenvalue weighted by molar-refractivity contribution is 5.58. The lowest BCUT2D eigenvalue weighted by molar-refractivity contribution is 0.0921. The lowest BCUT2D eigenvalue weighted by atomic mass is 9.80. The van der Waals surface area contributed by atoms with Crippen LogP contribution in [0.5, 0.6) is 0 Å². The van der Waals surface area contributed by atoms with Crippen LogP contribution < -0.4 is 5.32 Å². The van der Waals surface area contributed by atoms with E-state index >= 15 is 0 Å². The average molecular weight is 325 g/mol. The fraction of sp³-hybridized carbons (Fsp3) is 0.526. The van der Waals surface area contributed by atoms with E-state index in [1.165, 1.54) is 32.1 Å². The van der Waals surface area contributed by atoms with E-state index in [0.717, 1.165) is 24.3 Å². The van der Waals surface area contributed by atoms with Gasteiger partial charge >= 0.3 is 0 Å².